The molecule has 0 aromatic rings. The average Bonchev–Trinajstić information content (AvgIpc) is 2.85. The van der Waals surface area contributed by atoms with Crippen molar-refractivity contribution in [1.82, 2.24) is 21.3 Å². The fraction of sp³-hybridized carbons (Fsp3) is 0.720. The molecule has 12 nitrogen and oxygen atoms in total. The summed E-state index contributed by atoms with van der Waals surface area (Å²) in [5.41, 5.74) is 0. The number of carbonyl (C=O) groups is 5. The molecule has 5 atom stereocenters. The molecular formula is C25H40N4O8S2. The maximum Gasteiger partial charge on any atom is 0.309 e. The number of carbonyl (C=O) groups excluding carboxylic acids is 5. The van der Waals surface area contributed by atoms with E-state index in [-0.39, 0.29) is 49.7 Å². The molecule has 0 unspecified atom stereocenters. The normalized spacial score (nSPS) is 28.6. The summed E-state index contributed by atoms with van der Waals surface area (Å²) in [4.78, 5) is 64.3. The molecule has 0 radical (unpaired) electrons. The van der Waals surface area contributed by atoms with Crippen LogP contribution in [0.5, 0.6) is 0 Å². The first-order chi connectivity index (χ1) is 18.6. The lowest BCUT2D eigenvalue weighted by Crippen LogP contribution is -2.57. The van der Waals surface area contributed by atoms with Crippen LogP contribution in [0.4, 0.5) is 0 Å². The lowest BCUT2D eigenvalue weighted by Gasteiger charge is -2.29. The Morgan fingerprint density at radius 1 is 1.15 bits per heavy atom. The Hall–Kier alpha value is -2.29. The lowest BCUT2D eigenvalue weighted by atomic mass is 9.96. The molecule has 39 heavy (non-hydrogen) atoms. The number of amides is 4. The van der Waals surface area contributed by atoms with E-state index in [0.717, 1.165) is 0 Å². The summed E-state index contributed by atoms with van der Waals surface area (Å²) in [6, 6.07) is -2.49. The quantitative estimate of drug-likeness (QED) is 0.118. The fourth-order valence-corrected chi connectivity index (χ4v) is 5.92. The molecule has 0 spiro atoms. The van der Waals surface area contributed by atoms with Crippen molar-refractivity contribution < 1.29 is 38.6 Å². The van der Waals surface area contributed by atoms with Gasteiger partial charge >= 0.3 is 5.97 Å². The number of fused-ring (bicyclic) bond motifs is 16. The molecule has 2 bridgehead atoms. The Morgan fingerprint density at radius 3 is 2.64 bits per heavy atom. The van der Waals surface area contributed by atoms with Gasteiger partial charge in [0.15, 0.2) is 0 Å². The number of aliphatic hydroxyl groups excluding tert-OH is 1. The predicted molar refractivity (Wildman–Crippen MR) is 149 cm³/mol. The molecule has 1 fully saturated rings. The van der Waals surface area contributed by atoms with E-state index >= 15 is 0 Å². The molecule has 4 amide bonds. The maximum atomic E-state index is 13.3. The van der Waals surface area contributed by atoms with Crippen LogP contribution < -0.4 is 21.3 Å². The minimum Gasteiger partial charge on any atom is -0.457 e. The van der Waals surface area contributed by atoms with Crippen molar-refractivity contribution in [2.45, 2.75) is 76.3 Å². The third-order valence-electron chi connectivity index (χ3n) is 6.14. The van der Waals surface area contributed by atoms with Crippen molar-refractivity contribution in [3.63, 3.8) is 0 Å². The fourth-order valence-electron chi connectivity index (χ4n) is 3.94. The predicted octanol–water partition coefficient (Wildman–Crippen LogP) is 0.0474. The molecule has 1 saturated heterocycles. The topological polar surface area (TPSA) is 172 Å². The van der Waals surface area contributed by atoms with Gasteiger partial charge in [-0.1, -0.05) is 41.5 Å². The molecule has 3 aliphatic rings. The third-order valence-corrected chi connectivity index (χ3v) is 8.42. The zero-order valence-corrected chi connectivity index (χ0v) is 24.2. The highest BCUT2D eigenvalue weighted by atomic mass is 33.1. The second kappa shape index (κ2) is 17.4. The monoisotopic (exact) mass is 588 g/mol. The van der Waals surface area contributed by atoms with Crippen molar-refractivity contribution in [2.24, 2.45) is 5.92 Å². The second-order valence-corrected chi connectivity index (χ2v) is 12.3. The number of methoxy groups -OCH3 is 1. The Bertz CT molecular complexity index is 888. The van der Waals surface area contributed by atoms with Crippen LogP contribution in [0, 0.1) is 5.92 Å². The molecule has 0 saturated carbocycles. The van der Waals surface area contributed by atoms with Crippen molar-refractivity contribution in [3.8, 4) is 0 Å². The van der Waals surface area contributed by atoms with E-state index in [0.29, 0.717) is 18.9 Å². The van der Waals surface area contributed by atoms with Crippen molar-refractivity contribution in [3.05, 3.63) is 12.2 Å². The van der Waals surface area contributed by atoms with Gasteiger partial charge in [0, 0.05) is 37.6 Å². The van der Waals surface area contributed by atoms with Gasteiger partial charge in [0.05, 0.1) is 25.6 Å². The molecule has 3 aliphatic heterocycles. The zero-order chi connectivity index (χ0) is 28.8. The van der Waals surface area contributed by atoms with Gasteiger partial charge in [-0.25, -0.2) is 0 Å². The van der Waals surface area contributed by atoms with Gasteiger partial charge < -0.3 is 35.8 Å². The van der Waals surface area contributed by atoms with E-state index in [9.17, 15) is 29.1 Å². The van der Waals surface area contributed by atoms with Crippen LogP contribution in [0.15, 0.2) is 12.2 Å². The number of hydrogen-bond donors (Lipinski definition) is 5. The first kappa shape index (κ1) is 32.9. The first-order valence-electron chi connectivity index (χ1n) is 13.0. The Balaban J connectivity index is 2.35. The van der Waals surface area contributed by atoms with Crippen LogP contribution >= 0.6 is 21.6 Å². The van der Waals surface area contributed by atoms with Crippen molar-refractivity contribution >= 4 is 51.2 Å². The maximum absolute atomic E-state index is 13.3. The summed E-state index contributed by atoms with van der Waals surface area (Å²) in [6.07, 6.45) is 0.916. The van der Waals surface area contributed by atoms with Crippen LogP contribution in [-0.4, -0.2) is 96.8 Å². The number of ether oxygens (including phenoxy) is 2. The van der Waals surface area contributed by atoms with Gasteiger partial charge in [0.2, 0.25) is 23.6 Å². The number of esters is 1. The summed E-state index contributed by atoms with van der Waals surface area (Å²) >= 11 is 0. The van der Waals surface area contributed by atoms with Gasteiger partial charge in [-0.3, -0.25) is 24.0 Å². The van der Waals surface area contributed by atoms with E-state index in [4.69, 9.17) is 9.47 Å². The lowest BCUT2D eigenvalue weighted by molar-refractivity contribution is -0.150. The summed E-state index contributed by atoms with van der Waals surface area (Å²) in [7, 11) is 4.35. The van der Waals surface area contributed by atoms with E-state index < -0.39 is 54.0 Å². The van der Waals surface area contributed by atoms with Crippen LogP contribution in [0.3, 0.4) is 0 Å². The van der Waals surface area contributed by atoms with Crippen LogP contribution in [0.25, 0.3) is 0 Å². The SMILES string of the molecule is COCCNC(=O)CC[C@@H]1NC(=O)C[C@H]2/C=C/CSSC[C@@H](NC1=O)C(=O)N[C@@H](C(C)C)C[C@@H](O)CC(=O)O2. The Kier molecular flexibility index (Phi) is 14.7. The molecular weight excluding hydrogens is 548 g/mol. The zero-order valence-electron chi connectivity index (χ0n) is 22.6. The number of rotatable bonds is 7. The molecule has 3 heterocycles. The van der Waals surface area contributed by atoms with Gasteiger partial charge in [-0.05, 0) is 24.8 Å². The van der Waals surface area contributed by atoms with E-state index in [1.807, 2.05) is 13.8 Å². The van der Waals surface area contributed by atoms with E-state index in [1.165, 1.54) is 28.7 Å². The van der Waals surface area contributed by atoms with Gasteiger partial charge in [0.1, 0.15) is 18.2 Å². The standard InChI is InChI=1S/C25H40N4O8S2/c1-15(2)19-11-16(30)12-23(33)37-17-5-4-10-38-39-14-20(25(35)28-19)29-24(34)18(27-22(32)13-17)6-7-21(31)26-8-9-36-3/h4-5,15-20,30H,6-14H2,1-3H3,(H,26,31)(H,27,32)(H,28,35)(H,29,34)/b5-4+/t16-,17-,18+,19-,20-/m1/s1. The highest BCUT2D eigenvalue weighted by Crippen LogP contribution is 2.23. The minimum atomic E-state index is -1.10. The highest BCUT2D eigenvalue weighted by molar-refractivity contribution is 8.76. The van der Waals surface area contributed by atoms with Gasteiger partial charge in [-0.2, -0.15) is 0 Å². The van der Waals surface area contributed by atoms with Gasteiger partial charge in [0.25, 0.3) is 0 Å². The minimum absolute atomic E-state index is 0.00622. The Labute approximate surface area is 236 Å². The smallest absolute Gasteiger partial charge is 0.309 e. The van der Waals surface area contributed by atoms with Crippen molar-refractivity contribution in [1.29, 1.82) is 0 Å². The summed E-state index contributed by atoms with van der Waals surface area (Å²) in [6.45, 7) is 4.41. The van der Waals surface area contributed by atoms with Crippen LogP contribution in [0.1, 0.15) is 46.0 Å². The second-order valence-electron chi connectivity index (χ2n) is 9.75. The van der Waals surface area contributed by atoms with Crippen LogP contribution in [0.2, 0.25) is 0 Å². The largest absolute Gasteiger partial charge is 0.457 e. The van der Waals surface area contributed by atoms with E-state index in [2.05, 4.69) is 21.3 Å². The molecule has 220 valence electrons. The summed E-state index contributed by atoms with van der Waals surface area (Å²) in [5.74, 6) is -1.90. The number of nitrogens with one attached hydrogen (secondary N) is 4. The number of hydrogen-bond acceptors (Lipinski definition) is 10. The number of aliphatic hydroxyl groups is 1. The van der Waals surface area contributed by atoms with Crippen LogP contribution in [-0.2, 0) is 33.4 Å². The van der Waals surface area contributed by atoms with E-state index in [1.54, 1.807) is 12.2 Å². The Morgan fingerprint density at radius 2 is 1.92 bits per heavy atom. The first-order valence-corrected chi connectivity index (χ1v) is 15.5. The van der Waals surface area contributed by atoms with Crippen molar-refractivity contribution in [2.75, 3.05) is 31.8 Å². The summed E-state index contributed by atoms with van der Waals surface area (Å²) in [5, 5.41) is 21.5. The molecule has 3 rings (SSSR count). The summed E-state index contributed by atoms with van der Waals surface area (Å²) < 4.78 is 10.4. The molecule has 0 aromatic carbocycles. The highest BCUT2D eigenvalue weighted by Gasteiger charge is 2.31. The molecule has 0 aromatic heterocycles. The third kappa shape index (κ3) is 12.6. The molecule has 5 N–H and O–H groups in total. The average molecular weight is 589 g/mol. The molecule has 14 heteroatoms. The molecule has 0 aliphatic carbocycles. The van der Waals surface area contributed by atoms with Gasteiger partial charge in [-0.15, -0.1) is 0 Å².